The molecular weight excluding hydrogens is 503 g/mol. The molecule has 0 fully saturated rings. The standard InChI is InChI=1S/C21H22BrFN4O4S/c1-4-30-18-11-14(10-17(22)20(18)31-5-2)19(12-26(28)29)32-21-25-24-13(3)27(21)16-8-6-15(23)7-9-16/h6-11,19H,4-5,12H2,1-3H3/t19-/m0/s1. The van der Waals surface area contributed by atoms with Crippen LogP contribution in [-0.2, 0) is 0 Å². The average molecular weight is 525 g/mol. The zero-order chi connectivity index (χ0) is 23.3. The van der Waals surface area contributed by atoms with Gasteiger partial charge in [-0.3, -0.25) is 14.7 Å². The third-order valence-electron chi connectivity index (χ3n) is 4.43. The number of hydrogen-bond acceptors (Lipinski definition) is 7. The summed E-state index contributed by atoms with van der Waals surface area (Å²) < 4.78 is 27.2. The lowest BCUT2D eigenvalue weighted by Crippen LogP contribution is -2.12. The second-order valence-electron chi connectivity index (χ2n) is 6.66. The van der Waals surface area contributed by atoms with Crippen LogP contribution in [0.1, 0.15) is 30.5 Å². The normalized spacial score (nSPS) is 11.9. The highest BCUT2D eigenvalue weighted by molar-refractivity contribution is 9.10. The SMILES string of the molecule is CCOc1cc([C@H](C[N+](=O)[O-])Sc2nnc(C)n2-c2ccc(F)cc2)cc(Br)c1OCC. The number of halogens is 2. The number of rotatable bonds is 10. The number of hydrogen-bond donors (Lipinski definition) is 0. The smallest absolute Gasteiger partial charge is 0.220 e. The third-order valence-corrected chi connectivity index (χ3v) is 6.20. The summed E-state index contributed by atoms with van der Waals surface area (Å²) in [6.45, 7) is 6.02. The molecule has 0 N–H and O–H groups in total. The molecule has 3 aromatic rings. The first kappa shape index (κ1) is 24.0. The number of nitro groups is 1. The van der Waals surface area contributed by atoms with E-state index in [9.17, 15) is 14.5 Å². The van der Waals surface area contributed by atoms with Crippen molar-refractivity contribution in [2.45, 2.75) is 31.2 Å². The van der Waals surface area contributed by atoms with Crippen LogP contribution in [0.4, 0.5) is 4.39 Å². The van der Waals surface area contributed by atoms with E-state index >= 15 is 0 Å². The van der Waals surface area contributed by atoms with Crippen LogP contribution >= 0.6 is 27.7 Å². The molecule has 0 amide bonds. The molecule has 1 aromatic heterocycles. The van der Waals surface area contributed by atoms with Crippen molar-refractivity contribution in [3.8, 4) is 17.2 Å². The van der Waals surface area contributed by atoms with E-state index in [0.29, 0.717) is 51.4 Å². The van der Waals surface area contributed by atoms with Gasteiger partial charge < -0.3 is 9.47 Å². The highest BCUT2D eigenvalue weighted by atomic mass is 79.9. The van der Waals surface area contributed by atoms with Crippen LogP contribution in [0.3, 0.4) is 0 Å². The van der Waals surface area contributed by atoms with E-state index in [-0.39, 0.29) is 17.3 Å². The Bertz CT molecular complexity index is 1090. The number of ether oxygens (including phenoxy) is 2. The Morgan fingerprint density at radius 3 is 2.50 bits per heavy atom. The first-order valence-electron chi connectivity index (χ1n) is 9.89. The minimum absolute atomic E-state index is 0.341. The van der Waals surface area contributed by atoms with Crippen molar-refractivity contribution >= 4 is 27.7 Å². The topological polar surface area (TPSA) is 92.3 Å². The van der Waals surface area contributed by atoms with Crippen LogP contribution in [0.2, 0.25) is 0 Å². The van der Waals surface area contributed by atoms with E-state index in [2.05, 4.69) is 26.1 Å². The largest absolute Gasteiger partial charge is 0.490 e. The first-order valence-corrected chi connectivity index (χ1v) is 11.6. The molecular formula is C21H22BrFN4O4S. The van der Waals surface area contributed by atoms with Crippen molar-refractivity contribution in [2.75, 3.05) is 19.8 Å². The predicted octanol–water partition coefficient (Wildman–Crippen LogP) is 5.38. The number of thioether (sulfide) groups is 1. The predicted molar refractivity (Wildman–Crippen MR) is 123 cm³/mol. The molecule has 0 saturated heterocycles. The van der Waals surface area contributed by atoms with Crippen molar-refractivity contribution in [2.24, 2.45) is 0 Å². The van der Waals surface area contributed by atoms with Gasteiger partial charge in [-0.2, -0.15) is 0 Å². The van der Waals surface area contributed by atoms with Crippen LogP contribution in [0, 0.1) is 22.9 Å². The maximum absolute atomic E-state index is 13.4. The fraction of sp³-hybridized carbons (Fsp3) is 0.333. The quantitative estimate of drug-likeness (QED) is 0.199. The molecule has 0 aliphatic rings. The summed E-state index contributed by atoms with van der Waals surface area (Å²) in [5.74, 6) is 1.28. The Hall–Kier alpha value is -2.66. The summed E-state index contributed by atoms with van der Waals surface area (Å²) in [4.78, 5) is 11.1. The summed E-state index contributed by atoms with van der Waals surface area (Å²) in [5.41, 5.74) is 1.34. The zero-order valence-electron chi connectivity index (χ0n) is 17.7. The second kappa shape index (κ2) is 10.8. The van der Waals surface area contributed by atoms with Crippen LogP contribution in [0.25, 0.3) is 5.69 Å². The maximum atomic E-state index is 13.4. The molecule has 0 spiro atoms. The van der Waals surface area contributed by atoms with E-state index in [0.717, 1.165) is 0 Å². The lowest BCUT2D eigenvalue weighted by Gasteiger charge is -2.18. The molecule has 3 rings (SSSR count). The fourth-order valence-corrected chi connectivity index (χ4v) is 4.83. The van der Waals surface area contributed by atoms with Crippen molar-refractivity contribution < 1.29 is 18.8 Å². The van der Waals surface area contributed by atoms with Crippen molar-refractivity contribution in [3.63, 3.8) is 0 Å². The van der Waals surface area contributed by atoms with Crippen molar-refractivity contribution in [1.82, 2.24) is 14.8 Å². The molecule has 1 atom stereocenters. The molecule has 2 aromatic carbocycles. The van der Waals surface area contributed by atoms with Crippen molar-refractivity contribution in [3.05, 3.63) is 68.2 Å². The fourth-order valence-electron chi connectivity index (χ4n) is 3.10. The summed E-state index contributed by atoms with van der Waals surface area (Å²) >= 11 is 4.71. The van der Waals surface area contributed by atoms with E-state index in [1.165, 1.54) is 23.9 Å². The van der Waals surface area contributed by atoms with E-state index in [4.69, 9.17) is 9.47 Å². The summed E-state index contributed by atoms with van der Waals surface area (Å²) in [7, 11) is 0. The second-order valence-corrected chi connectivity index (χ2v) is 8.68. The number of nitrogens with zero attached hydrogens (tertiary/aromatic N) is 4. The molecule has 0 aliphatic heterocycles. The van der Waals surface area contributed by atoms with Gasteiger partial charge in [-0.05, 0) is 78.7 Å². The molecule has 0 saturated carbocycles. The molecule has 0 radical (unpaired) electrons. The van der Waals surface area contributed by atoms with Gasteiger partial charge in [0.2, 0.25) is 6.54 Å². The minimum atomic E-state index is -0.584. The maximum Gasteiger partial charge on any atom is 0.220 e. The van der Waals surface area contributed by atoms with Gasteiger partial charge in [0, 0.05) is 10.6 Å². The Morgan fingerprint density at radius 2 is 1.88 bits per heavy atom. The third kappa shape index (κ3) is 5.57. The van der Waals surface area contributed by atoms with Crippen LogP contribution in [0.15, 0.2) is 46.0 Å². The molecule has 1 heterocycles. The van der Waals surface area contributed by atoms with Crippen molar-refractivity contribution in [1.29, 1.82) is 0 Å². The summed E-state index contributed by atoms with van der Waals surface area (Å²) in [5, 5.41) is 19.7. The van der Waals surface area contributed by atoms with Gasteiger partial charge in [-0.1, -0.05) is 11.8 Å². The number of aryl methyl sites for hydroxylation is 1. The highest BCUT2D eigenvalue weighted by Crippen LogP contribution is 2.43. The highest BCUT2D eigenvalue weighted by Gasteiger charge is 2.26. The zero-order valence-corrected chi connectivity index (χ0v) is 20.2. The lowest BCUT2D eigenvalue weighted by molar-refractivity contribution is -0.479. The van der Waals surface area contributed by atoms with E-state index in [1.54, 1.807) is 35.8 Å². The van der Waals surface area contributed by atoms with Crippen LogP contribution in [0.5, 0.6) is 11.5 Å². The molecule has 0 unspecified atom stereocenters. The van der Waals surface area contributed by atoms with E-state index in [1.807, 2.05) is 13.8 Å². The first-order chi connectivity index (χ1) is 15.3. The molecule has 11 heteroatoms. The van der Waals surface area contributed by atoms with Gasteiger partial charge in [0.15, 0.2) is 16.7 Å². The van der Waals surface area contributed by atoms with Crippen LogP contribution < -0.4 is 9.47 Å². The summed E-state index contributed by atoms with van der Waals surface area (Å²) in [6.07, 6.45) is 0. The molecule has 8 nitrogen and oxygen atoms in total. The Balaban J connectivity index is 2.02. The van der Waals surface area contributed by atoms with Gasteiger partial charge in [-0.25, -0.2) is 4.39 Å². The van der Waals surface area contributed by atoms with Gasteiger partial charge in [0.25, 0.3) is 0 Å². The monoisotopic (exact) mass is 524 g/mol. The molecule has 0 bridgehead atoms. The van der Waals surface area contributed by atoms with Gasteiger partial charge in [0.1, 0.15) is 16.9 Å². The van der Waals surface area contributed by atoms with Gasteiger partial charge >= 0.3 is 0 Å². The minimum Gasteiger partial charge on any atom is -0.490 e. The van der Waals surface area contributed by atoms with E-state index < -0.39 is 5.25 Å². The molecule has 32 heavy (non-hydrogen) atoms. The Morgan fingerprint density at radius 1 is 1.19 bits per heavy atom. The van der Waals surface area contributed by atoms with Gasteiger partial charge in [-0.15, -0.1) is 10.2 Å². The number of benzene rings is 2. The number of aromatic nitrogens is 3. The van der Waals surface area contributed by atoms with Crippen LogP contribution in [-0.4, -0.2) is 39.4 Å². The lowest BCUT2D eigenvalue weighted by atomic mass is 10.1. The van der Waals surface area contributed by atoms with Gasteiger partial charge in [0.05, 0.1) is 17.7 Å². The molecule has 0 aliphatic carbocycles. The summed E-state index contributed by atoms with van der Waals surface area (Å²) in [6, 6.07) is 9.45. The average Bonchev–Trinajstić information content (AvgIpc) is 3.10. The molecule has 170 valence electrons. The Labute approximate surface area is 197 Å². The Kier molecular flexibility index (Phi) is 8.08.